The average Bonchev–Trinajstić information content (AvgIpc) is 3.22. The Bertz CT molecular complexity index is 468. The molecule has 3 nitrogen and oxygen atoms in total. The van der Waals surface area contributed by atoms with Crippen molar-refractivity contribution in [1.29, 1.82) is 0 Å². The fraction of sp³-hybridized carbons (Fsp3) is 0.500. The van der Waals surface area contributed by atoms with Gasteiger partial charge in [-0.3, -0.25) is 4.79 Å². The van der Waals surface area contributed by atoms with Crippen molar-refractivity contribution < 1.29 is 4.79 Å². The van der Waals surface area contributed by atoms with Crippen LogP contribution >= 0.6 is 35.8 Å². The Labute approximate surface area is 135 Å². The third kappa shape index (κ3) is 4.55. The lowest BCUT2D eigenvalue weighted by Gasteiger charge is -2.29. The molecule has 3 N–H and O–H groups in total. The van der Waals surface area contributed by atoms with Gasteiger partial charge in [-0.1, -0.05) is 23.7 Å². The van der Waals surface area contributed by atoms with E-state index in [9.17, 15) is 4.79 Å². The summed E-state index contributed by atoms with van der Waals surface area (Å²) in [6.45, 7) is 2.52. The minimum atomic E-state index is -0.252. The maximum Gasteiger partial charge on any atom is 0.230 e. The molecular formula is C14H20Cl2N2OS. The summed E-state index contributed by atoms with van der Waals surface area (Å²) in [6, 6.07) is 7.55. The molecular weight excluding hydrogens is 315 g/mol. The highest BCUT2D eigenvalue weighted by Crippen LogP contribution is 2.39. The van der Waals surface area contributed by atoms with E-state index in [1.165, 1.54) is 11.8 Å². The van der Waals surface area contributed by atoms with E-state index in [-0.39, 0.29) is 23.9 Å². The molecule has 1 amide bonds. The molecule has 1 aliphatic rings. The first kappa shape index (κ1) is 17.6. The molecule has 0 spiro atoms. The van der Waals surface area contributed by atoms with Gasteiger partial charge in [0.1, 0.15) is 0 Å². The van der Waals surface area contributed by atoms with Crippen molar-refractivity contribution in [3.8, 4) is 0 Å². The van der Waals surface area contributed by atoms with E-state index in [1.807, 2.05) is 31.2 Å². The first-order valence-electron chi connectivity index (χ1n) is 6.43. The molecule has 0 aliphatic heterocycles. The van der Waals surface area contributed by atoms with Crippen molar-refractivity contribution >= 4 is 41.7 Å². The Kier molecular flexibility index (Phi) is 6.65. The summed E-state index contributed by atoms with van der Waals surface area (Å²) < 4.78 is 0. The lowest BCUT2D eigenvalue weighted by molar-refractivity contribution is -0.120. The zero-order valence-corrected chi connectivity index (χ0v) is 13.8. The van der Waals surface area contributed by atoms with E-state index in [4.69, 9.17) is 17.3 Å². The van der Waals surface area contributed by atoms with Crippen molar-refractivity contribution in [2.24, 2.45) is 11.7 Å². The number of benzene rings is 1. The number of hydrogen-bond donors (Lipinski definition) is 2. The average molecular weight is 335 g/mol. The fourth-order valence-electron chi connectivity index (χ4n) is 2.10. The van der Waals surface area contributed by atoms with Crippen LogP contribution in [0.3, 0.4) is 0 Å². The number of thioether (sulfide) groups is 1. The van der Waals surface area contributed by atoms with Crippen LogP contribution in [0, 0.1) is 5.92 Å². The van der Waals surface area contributed by atoms with Gasteiger partial charge in [0.2, 0.25) is 5.91 Å². The van der Waals surface area contributed by atoms with Gasteiger partial charge >= 0.3 is 0 Å². The molecule has 6 heteroatoms. The molecule has 0 bridgehead atoms. The van der Waals surface area contributed by atoms with Gasteiger partial charge in [0.05, 0.1) is 16.3 Å². The summed E-state index contributed by atoms with van der Waals surface area (Å²) in [5.74, 6) is 0.919. The zero-order valence-electron chi connectivity index (χ0n) is 11.4. The van der Waals surface area contributed by atoms with Crippen LogP contribution in [-0.2, 0) is 4.79 Å². The molecule has 0 radical (unpaired) electrons. The molecule has 0 aromatic heterocycles. The number of carbonyl (C=O) groups excluding carboxylic acids is 1. The summed E-state index contributed by atoms with van der Waals surface area (Å²) in [5, 5.41) is 3.75. The molecule has 1 atom stereocenters. The number of hydrogen-bond acceptors (Lipinski definition) is 3. The van der Waals surface area contributed by atoms with Gasteiger partial charge in [-0.25, -0.2) is 0 Å². The van der Waals surface area contributed by atoms with E-state index >= 15 is 0 Å². The highest BCUT2D eigenvalue weighted by atomic mass is 35.5. The minimum Gasteiger partial charge on any atom is -0.349 e. The molecule has 1 aliphatic carbocycles. The van der Waals surface area contributed by atoms with E-state index in [2.05, 4.69) is 5.32 Å². The van der Waals surface area contributed by atoms with Gasteiger partial charge in [-0.15, -0.1) is 24.2 Å². The van der Waals surface area contributed by atoms with Crippen molar-refractivity contribution in [1.82, 2.24) is 5.32 Å². The predicted octanol–water partition coefficient (Wildman–Crippen LogP) is 3.10. The van der Waals surface area contributed by atoms with Gasteiger partial charge in [0, 0.05) is 11.4 Å². The Hall–Kier alpha value is -0.420. The Morgan fingerprint density at radius 3 is 2.70 bits per heavy atom. The number of amides is 1. The Balaban J connectivity index is 0.00000200. The first-order chi connectivity index (χ1) is 9.05. The van der Waals surface area contributed by atoms with Crippen LogP contribution in [0.25, 0.3) is 0 Å². The Morgan fingerprint density at radius 1 is 1.50 bits per heavy atom. The molecule has 1 saturated carbocycles. The van der Waals surface area contributed by atoms with Gasteiger partial charge in [-0.05, 0) is 37.8 Å². The summed E-state index contributed by atoms with van der Waals surface area (Å²) in [5.41, 5.74) is 5.53. The van der Waals surface area contributed by atoms with Crippen LogP contribution in [0.4, 0.5) is 0 Å². The molecule has 2 rings (SSSR count). The molecule has 1 aromatic carbocycles. The van der Waals surface area contributed by atoms with Crippen molar-refractivity contribution in [2.45, 2.75) is 30.2 Å². The number of nitrogens with one attached hydrogen (secondary N) is 1. The van der Waals surface area contributed by atoms with Gasteiger partial charge in [0.15, 0.2) is 0 Å². The fourth-order valence-corrected chi connectivity index (χ4v) is 3.14. The molecule has 1 aromatic rings. The highest BCUT2D eigenvalue weighted by Gasteiger charge is 2.41. The summed E-state index contributed by atoms with van der Waals surface area (Å²) >= 11 is 7.51. The summed E-state index contributed by atoms with van der Waals surface area (Å²) in [7, 11) is 0. The van der Waals surface area contributed by atoms with Gasteiger partial charge in [-0.2, -0.15) is 0 Å². The smallest absolute Gasteiger partial charge is 0.230 e. The van der Waals surface area contributed by atoms with Crippen LogP contribution in [0.2, 0.25) is 5.02 Å². The van der Waals surface area contributed by atoms with Gasteiger partial charge in [0.25, 0.3) is 0 Å². The molecule has 0 heterocycles. The maximum atomic E-state index is 12.0. The molecule has 0 saturated heterocycles. The second kappa shape index (κ2) is 7.55. The largest absolute Gasteiger partial charge is 0.349 e. The standard InChI is InChI=1S/C14H19ClN2OS.ClH/c1-14(9-16,10-6-7-10)17-13(18)8-19-12-5-3-2-4-11(12)15;/h2-5,10H,6-9,16H2,1H3,(H,17,18);1H. The topological polar surface area (TPSA) is 55.1 Å². The second-order valence-electron chi connectivity index (χ2n) is 5.16. The maximum absolute atomic E-state index is 12.0. The minimum absolute atomic E-state index is 0. The van der Waals surface area contributed by atoms with Crippen LogP contribution in [-0.4, -0.2) is 23.7 Å². The third-order valence-corrected chi connectivity index (χ3v) is 5.04. The number of nitrogens with two attached hydrogens (primary N) is 1. The lowest BCUT2D eigenvalue weighted by atomic mass is 9.96. The lowest BCUT2D eigenvalue weighted by Crippen LogP contribution is -2.53. The molecule has 1 unspecified atom stereocenters. The monoisotopic (exact) mass is 334 g/mol. The quantitative estimate of drug-likeness (QED) is 0.786. The Morgan fingerprint density at radius 2 is 2.15 bits per heavy atom. The van der Waals surface area contributed by atoms with Crippen molar-refractivity contribution in [3.05, 3.63) is 29.3 Å². The zero-order chi connectivity index (χ0) is 13.9. The van der Waals surface area contributed by atoms with Crippen LogP contribution < -0.4 is 11.1 Å². The van der Waals surface area contributed by atoms with Crippen molar-refractivity contribution in [3.63, 3.8) is 0 Å². The predicted molar refractivity (Wildman–Crippen MR) is 87.8 cm³/mol. The normalized spacial score (nSPS) is 16.9. The van der Waals surface area contributed by atoms with Crippen LogP contribution in [0.1, 0.15) is 19.8 Å². The van der Waals surface area contributed by atoms with E-state index in [0.717, 1.165) is 17.7 Å². The van der Waals surface area contributed by atoms with E-state index in [1.54, 1.807) is 0 Å². The molecule has 1 fully saturated rings. The summed E-state index contributed by atoms with van der Waals surface area (Å²) in [6.07, 6.45) is 2.32. The molecule has 20 heavy (non-hydrogen) atoms. The van der Waals surface area contributed by atoms with Gasteiger partial charge < -0.3 is 11.1 Å². The van der Waals surface area contributed by atoms with E-state index in [0.29, 0.717) is 23.2 Å². The van der Waals surface area contributed by atoms with Crippen LogP contribution in [0.15, 0.2) is 29.2 Å². The molecule has 112 valence electrons. The number of rotatable bonds is 6. The number of carbonyl (C=O) groups is 1. The first-order valence-corrected chi connectivity index (χ1v) is 7.80. The SMILES string of the molecule is CC(CN)(NC(=O)CSc1ccccc1Cl)C1CC1.Cl. The second-order valence-corrected chi connectivity index (χ2v) is 6.59. The highest BCUT2D eigenvalue weighted by molar-refractivity contribution is 8.00. The number of halogens is 2. The van der Waals surface area contributed by atoms with Crippen molar-refractivity contribution in [2.75, 3.05) is 12.3 Å². The summed E-state index contributed by atoms with van der Waals surface area (Å²) in [4.78, 5) is 12.9. The third-order valence-electron chi connectivity index (χ3n) is 3.52. The van der Waals surface area contributed by atoms with E-state index < -0.39 is 0 Å². The van der Waals surface area contributed by atoms with Crippen LogP contribution in [0.5, 0.6) is 0 Å².